The molecule has 2 unspecified atom stereocenters. The molecule has 2 N–H and O–H groups in total. The SMILES string of the molecule is CC(C)OC(=O)C1(C(=O)OC(C)C)Oc2ccc3c(c2O1)CC(NCC(O)c1cccc(Cl)c1)C3. The molecule has 8 nitrogen and oxygen atoms in total. The van der Waals surface area contributed by atoms with Gasteiger partial charge in [0, 0.05) is 23.2 Å². The standard InChI is InChI=1S/C26H30ClNO7/c1-14(2)32-24(30)26(25(31)33-15(3)4)34-22-9-8-16-11-19(12-20(16)23(22)35-26)28-13-21(29)17-6-5-7-18(27)10-17/h5-10,14-15,19,21,28-29H,11-13H2,1-4H3. The fourth-order valence-corrected chi connectivity index (χ4v) is 4.44. The van der Waals surface area contributed by atoms with Gasteiger partial charge in [-0.15, -0.1) is 0 Å². The summed E-state index contributed by atoms with van der Waals surface area (Å²) in [5, 5.41) is 14.5. The second-order valence-corrected chi connectivity index (χ2v) is 9.78. The average Bonchev–Trinajstić information content (AvgIpc) is 3.38. The zero-order valence-electron chi connectivity index (χ0n) is 20.2. The Bertz CT molecular complexity index is 1090. The molecule has 188 valence electrons. The van der Waals surface area contributed by atoms with Gasteiger partial charge in [-0.1, -0.05) is 29.8 Å². The normalized spacial score (nSPS) is 18.5. The lowest BCUT2D eigenvalue weighted by Gasteiger charge is -2.25. The van der Waals surface area contributed by atoms with E-state index in [0.717, 1.165) is 16.7 Å². The molecule has 2 aromatic carbocycles. The largest absolute Gasteiger partial charge is 0.457 e. The summed E-state index contributed by atoms with van der Waals surface area (Å²) in [7, 11) is 0. The van der Waals surface area contributed by atoms with Crippen LogP contribution in [-0.2, 0) is 31.9 Å². The van der Waals surface area contributed by atoms with E-state index in [1.54, 1.807) is 52.0 Å². The minimum Gasteiger partial charge on any atom is -0.457 e. The van der Waals surface area contributed by atoms with Crippen molar-refractivity contribution in [2.24, 2.45) is 0 Å². The molecule has 2 aliphatic rings. The summed E-state index contributed by atoms with van der Waals surface area (Å²) in [5.41, 5.74) is 2.58. The van der Waals surface area contributed by atoms with Crippen molar-refractivity contribution in [3.63, 3.8) is 0 Å². The maximum absolute atomic E-state index is 12.9. The van der Waals surface area contributed by atoms with Crippen molar-refractivity contribution >= 4 is 23.5 Å². The third-order valence-corrected chi connectivity index (χ3v) is 6.03. The molecular formula is C26H30ClNO7. The van der Waals surface area contributed by atoms with E-state index in [1.807, 2.05) is 12.1 Å². The third-order valence-electron chi connectivity index (χ3n) is 5.79. The molecule has 0 amide bonds. The van der Waals surface area contributed by atoms with Crippen molar-refractivity contribution in [3.05, 3.63) is 58.1 Å². The highest BCUT2D eigenvalue weighted by atomic mass is 35.5. The van der Waals surface area contributed by atoms with Crippen LogP contribution in [0.3, 0.4) is 0 Å². The van der Waals surface area contributed by atoms with Gasteiger partial charge in [0.2, 0.25) is 0 Å². The van der Waals surface area contributed by atoms with Crippen molar-refractivity contribution in [1.29, 1.82) is 0 Å². The Hall–Kier alpha value is -2.81. The molecule has 0 saturated carbocycles. The number of fused-ring (bicyclic) bond motifs is 3. The first kappa shape index (κ1) is 25.3. The molecule has 0 saturated heterocycles. The quantitative estimate of drug-likeness (QED) is 0.417. The molecule has 2 aromatic rings. The van der Waals surface area contributed by atoms with E-state index in [2.05, 4.69) is 5.32 Å². The fourth-order valence-electron chi connectivity index (χ4n) is 4.25. The van der Waals surface area contributed by atoms with Gasteiger partial charge in [-0.3, -0.25) is 0 Å². The summed E-state index contributed by atoms with van der Waals surface area (Å²) in [6, 6.07) is 10.7. The number of benzene rings is 2. The molecule has 9 heteroatoms. The van der Waals surface area contributed by atoms with Gasteiger partial charge in [0.1, 0.15) is 0 Å². The van der Waals surface area contributed by atoms with Crippen LogP contribution in [0.4, 0.5) is 0 Å². The van der Waals surface area contributed by atoms with E-state index in [4.69, 9.17) is 30.5 Å². The topological polar surface area (TPSA) is 103 Å². The monoisotopic (exact) mass is 503 g/mol. The number of nitrogens with one attached hydrogen (secondary N) is 1. The Balaban J connectivity index is 1.50. The Labute approximate surface area is 209 Å². The Kier molecular flexibility index (Phi) is 7.26. The van der Waals surface area contributed by atoms with Crippen molar-refractivity contribution in [1.82, 2.24) is 5.32 Å². The molecule has 0 aromatic heterocycles. The van der Waals surface area contributed by atoms with Gasteiger partial charge in [-0.25, -0.2) is 9.59 Å². The van der Waals surface area contributed by atoms with Crippen molar-refractivity contribution < 1.29 is 33.6 Å². The van der Waals surface area contributed by atoms with Crippen LogP contribution in [0.25, 0.3) is 0 Å². The second kappa shape index (κ2) is 10.0. The first-order chi connectivity index (χ1) is 16.6. The van der Waals surface area contributed by atoms with E-state index < -0.39 is 36.0 Å². The summed E-state index contributed by atoms with van der Waals surface area (Å²) in [6.45, 7) is 7.03. The third kappa shape index (κ3) is 5.24. The van der Waals surface area contributed by atoms with Gasteiger partial charge in [-0.05, 0) is 69.9 Å². The molecule has 0 fully saturated rings. The van der Waals surface area contributed by atoms with Gasteiger partial charge < -0.3 is 29.4 Å². The number of aliphatic hydroxyl groups excluding tert-OH is 1. The van der Waals surface area contributed by atoms with Gasteiger partial charge >= 0.3 is 17.7 Å². The summed E-state index contributed by atoms with van der Waals surface area (Å²) in [4.78, 5) is 25.9. The molecule has 1 aliphatic heterocycles. The van der Waals surface area contributed by atoms with Crippen LogP contribution in [0.1, 0.15) is 50.5 Å². The predicted octanol–water partition coefficient (Wildman–Crippen LogP) is 3.50. The minimum absolute atomic E-state index is 0.0224. The van der Waals surface area contributed by atoms with E-state index >= 15 is 0 Å². The van der Waals surface area contributed by atoms with Gasteiger partial charge in [0.05, 0.1) is 18.3 Å². The second-order valence-electron chi connectivity index (χ2n) is 9.34. The summed E-state index contributed by atoms with van der Waals surface area (Å²) < 4.78 is 22.3. The lowest BCUT2D eigenvalue weighted by atomic mass is 10.1. The molecule has 2 atom stereocenters. The Morgan fingerprint density at radius 2 is 1.77 bits per heavy atom. The average molecular weight is 504 g/mol. The lowest BCUT2D eigenvalue weighted by molar-refractivity contribution is -0.207. The number of hydrogen-bond acceptors (Lipinski definition) is 8. The van der Waals surface area contributed by atoms with Crippen LogP contribution >= 0.6 is 11.6 Å². The first-order valence-electron chi connectivity index (χ1n) is 11.7. The number of hydrogen-bond donors (Lipinski definition) is 2. The Morgan fingerprint density at radius 3 is 2.40 bits per heavy atom. The van der Waals surface area contributed by atoms with Crippen LogP contribution in [0.15, 0.2) is 36.4 Å². The smallest absolute Gasteiger partial charge is 0.453 e. The molecular weight excluding hydrogens is 474 g/mol. The molecule has 0 bridgehead atoms. The molecule has 0 spiro atoms. The number of aliphatic hydroxyl groups is 1. The van der Waals surface area contributed by atoms with E-state index in [-0.39, 0.29) is 11.8 Å². The number of esters is 2. The Morgan fingerprint density at radius 1 is 1.09 bits per heavy atom. The fraction of sp³-hybridized carbons (Fsp3) is 0.462. The van der Waals surface area contributed by atoms with Crippen molar-refractivity contribution in [2.75, 3.05) is 6.54 Å². The number of halogens is 1. The summed E-state index contributed by atoms with van der Waals surface area (Å²) >= 11 is 6.03. The maximum Gasteiger partial charge on any atom is 0.453 e. The minimum atomic E-state index is -2.35. The summed E-state index contributed by atoms with van der Waals surface area (Å²) in [5.74, 6) is -3.64. The number of rotatable bonds is 8. The molecule has 1 aliphatic carbocycles. The molecule has 1 heterocycles. The van der Waals surface area contributed by atoms with E-state index in [1.165, 1.54) is 0 Å². The van der Waals surface area contributed by atoms with Crippen molar-refractivity contribution in [2.45, 2.75) is 70.7 Å². The highest BCUT2D eigenvalue weighted by Crippen LogP contribution is 2.47. The molecule has 0 radical (unpaired) electrons. The van der Waals surface area contributed by atoms with Crippen LogP contribution in [-0.4, -0.2) is 47.6 Å². The van der Waals surface area contributed by atoms with Crippen LogP contribution in [0.2, 0.25) is 5.02 Å². The van der Waals surface area contributed by atoms with Gasteiger partial charge in [0.15, 0.2) is 11.5 Å². The first-order valence-corrected chi connectivity index (χ1v) is 12.1. The molecule has 4 rings (SSSR count). The number of carbonyl (C=O) groups is 2. The van der Waals surface area contributed by atoms with Gasteiger partial charge in [-0.2, -0.15) is 0 Å². The van der Waals surface area contributed by atoms with Gasteiger partial charge in [0.25, 0.3) is 0 Å². The van der Waals surface area contributed by atoms with E-state index in [0.29, 0.717) is 30.2 Å². The van der Waals surface area contributed by atoms with Crippen LogP contribution < -0.4 is 14.8 Å². The maximum atomic E-state index is 12.9. The zero-order valence-corrected chi connectivity index (χ0v) is 20.9. The van der Waals surface area contributed by atoms with E-state index in [9.17, 15) is 14.7 Å². The number of ether oxygens (including phenoxy) is 4. The zero-order chi connectivity index (χ0) is 25.3. The lowest BCUT2D eigenvalue weighted by Crippen LogP contribution is -2.56. The number of carbonyl (C=O) groups excluding carboxylic acids is 2. The highest BCUT2D eigenvalue weighted by Gasteiger charge is 2.61. The summed E-state index contributed by atoms with van der Waals surface area (Å²) in [6.07, 6.45) is -0.418. The van der Waals surface area contributed by atoms with Crippen molar-refractivity contribution in [3.8, 4) is 11.5 Å². The van der Waals surface area contributed by atoms with Crippen LogP contribution in [0, 0.1) is 0 Å². The van der Waals surface area contributed by atoms with Crippen LogP contribution in [0.5, 0.6) is 11.5 Å². The molecule has 35 heavy (non-hydrogen) atoms. The highest BCUT2D eigenvalue weighted by molar-refractivity contribution is 6.30. The predicted molar refractivity (Wildman–Crippen MR) is 128 cm³/mol.